The highest BCUT2D eigenvalue weighted by molar-refractivity contribution is 7.90. The molecule has 0 saturated carbocycles. The fourth-order valence-electron chi connectivity index (χ4n) is 4.41. The Hall–Kier alpha value is -4.69. The number of alkyl halides is 2. The molecule has 0 aliphatic heterocycles. The number of aryl methyl sites for hydroxylation is 1. The van der Waals surface area contributed by atoms with Gasteiger partial charge in [0, 0.05) is 41.7 Å². The van der Waals surface area contributed by atoms with Crippen LogP contribution in [0.25, 0.3) is 11.1 Å². The van der Waals surface area contributed by atoms with Gasteiger partial charge in [-0.1, -0.05) is 36.4 Å². The number of nitrogens with one attached hydrogen (secondary N) is 2. The van der Waals surface area contributed by atoms with Crippen LogP contribution in [0.4, 0.5) is 13.2 Å². The SMILES string of the molecule is Cc1[nH]c(Cc2ccc(C#N)cc2F)c(C(=O)NCc2ccc(S(C)(=O)=O)cc2)c(=O)c1-c1cccc(C(F)F)c1. The molecule has 0 aliphatic rings. The van der Waals surface area contributed by atoms with Crippen LogP contribution in [0.3, 0.4) is 0 Å². The molecule has 0 fully saturated rings. The number of H-pyrrole nitrogens is 1. The number of rotatable bonds is 8. The van der Waals surface area contributed by atoms with Crippen molar-refractivity contribution in [3.63, 3.8) is 0 Å². The summed E-state index contributed by atoms with van der Waals surface area (Å²) in [5.41, 5.74) is -0.00368. The van der Waals surface area contributed by atoms with E-state index in [0.717, 1.165) is 12.3 Å². The Balaban J connectivity index is 1.77. The lowest BCUT2D eigenvalue weighted by molar-refractivity contribution is 0.0948. The van der Waals surface area contributed by atoms with E-state index < -0.39 is 33.4 Å². The average molecular weight is 580 g/mol. The van der Waals surface area contributed by atoms with Crippen molar-refractivity contribution in [1.82, 2.24) is 10.3 Å². The number of carbonyl (C=O) groups is 1. The van der Waals surface area contributed by atoms with Crippen LogP contribution in [0.2, 0.25) is 0 Å². The molecule has 1 aromatic heterocycles. The van der Waals surface area contributed by atoms with E-state index in [-0.39, 0.29) is 56.9 Å². The molecule has 7 nitrogen and oxygen atoms in total. The van der Waals surface area contributed by atoms with Crippen LogP contribution in [0.5, 0.6) is 0 Å². The van der Waals surface area contributed by atoms with Gasteiger partial charge in [-0.15, -0.1) is 0 Å². The van der Waals surface area contributed by atoms with Gasteiger partial charge < -0.3 is 10.3 Å². The Morgan fingerprint density at radius 2 is 1.78 bits per heavy atom. The van der Waals surface area contributed by atoms with Gasteiger partial charge in [-0.25, -0.2) is 21.6 Å². The Morgan fingerprint density at radius 1 is 1.07 bits per heavy atom. The van der Waals surface area contributed by atoms with Crippen LogP contribution in [-0.4, -0.2) is 25.6 Å². The van der Waals surface area contributed by atoms with E-state index in [1.165, 1.54) is 60.7 Å². The van der Waals surface area contributed by atoms with Crippen LogP contribution in [0, 0.1) is 24.1 Å². The van der Waals surface area contributed by atoms with Gasteiger partial charge in [0.1, 0.15) is 11.4 Å². The molecule has 4 rings (SSSR count). The van der Waals surface area contributed by atoms with Crippen molar-refractivity contribution < 1.29 is 26.4 Å². The van der Waals surface area contributed by atoms with Gasteiger partial charge in [0.05, 0.1) is 16.5 Å². The molecule has 0 unspecified atom stereocenters. The zero-order chi connectivity index (χ0) is 29.9. The summed E-state index contributed by atoms with van der Waals surface area (Å²) in [5.74, 6) is -1.50. The third-order valence-electron chi connectivity index (χ3n) is 6.48. The minimum absolute atomic E-state index is 0.0132. The third-order valence-corrected chi connectivity index (χ3v) is 7.61. The number of sulfone groups is 1. The summed E-state index contributed by atoms with van der Waals surface area (Å²) in [6.45, 7) is 1.49. The molecule has 210 valence electrons. The lowest BCUT2D eigenvalue weighted by atomic mass is 9.95. The summed E-state index contributed by atoms with van der Waals surface area (Å²) >= 11 is 0. The minimum Gasteiger partial charge on any atom is -0.361 e. The zero-order valence-corrected chi connectivity index (χ0v) is 22.8. The van der Waals surface area contributed by atoms with Gasteiger partial charge in [0.25, 0.3) is 12.3 Å². The number of carbonyl (C=O) groups excluding carboxylic acids is 1. The van der Waals surface area contributed by atoms with E-state index in [9.17, 15) is 31.2 Å². The van der Waals surface area contributed by atoms with Crippen LogP contribution in [0.15, 0.2) is 76.4 Å². The van der Waals surface area contributed by atoms with Gasteiger partial charge in [-0.3, -0.25) is 9.59 Å². The molecule has 1 heterocycles. The lowest BCUT2D eigenvalue weighted by Gasteiger charge is -2.16. The maximum Gasteiger partial charge on any atom is 0.263 e. The predicted molar refractivity (Wildman–Crippen MR) is 147 cm³/mol. The van der Waals surface area contributed by atoms with E-state index >= 15 is 0 Å². The van der Waals surface area contributed by atoms with E-state index in [4.69, 9.17) is 5.26 Å². The molecule has 4 aromatic rings. The third kappa shape index (κ3) is 6.56. The largest absolute Gasteiger partial charge is 0.361 e. The van der Waals surface area contributed by atoms with Crippen molar-refractivity contribution in [2.75, 3.05) is 6.26 Å². The van der Waals surface area contributed by atoms with E-state index in [2.05, 4.69) is 10.3 Å². The summed E-state index contributed by atoms with van der Waals surface area (Å²) in [6, 6.07) is 16.8. The molecule has 41 heavy (non-hydrogen) atoms. The highest BCUT2D eigenvalue weighted by Crippen LogP contribution is 2.27. The number of amides is 1. The van der Waals surface area contributed by atoms with Gasteiger partial charge in [0.15, 0.2) is 9.84 Å². The van der Waals surface area contributed by atoms with Crippen molar-refractivity contribution in [1.29, 1.82) is 5.26 Å². The van der Waals surface area contributed by atoms with Crippen molar-refractivity contribution in [3.8, 4) is 17.2 Å². The second-order valence-electron chi connectivity index (χ2n) is 9.43. The van der Waals surface area contributed by atoms with Crippen LogP contribution in [0.1, 0.15) is 50.4 Å². The van der Waals surface area contributed by atoms with Crippen LogP contribution in [-0.2, 0) is 22.8 Å². The monoisotopic (exact) mass is 579 g/mol. The van der Waals surface area contributed by atoms with Crippen molar-refractivity contribution >= 4 is 15.7 Å². The topological polar surface area (TPSA) is 120 Å². The molecule has 1 amide bonds. The molecule has 0 atom stereocenters. The fourth-order valence-corrected chi connectivity index (χ4v) is 5.04. The second-order valence-corrected chi connectivity index (χ2v) is 11.4. The van der Waals surface area contributed by atoms with Gasteiger partial charge in [-0.2, -0.15) is 5.26 Å². The molecular weight excluding hydrogens is 555 g/mol. The van der Waals surface area contributed by atoms with Gasteiger partial charge in [-0.05, 0) is 53.9 Å². The summed E-state index contributed by atoms with van der Waals surface area (Å²) in [7, 11) is -3.41. The number of nitrogens with zero attached hydrogens (tertiary/aromatic N) is 1. The Labute approximate surface area is 234 Å². The molecule has 11 heteroatoms. The molecule has 0 bridgehead atoms. The molecule has 3 aromatic carbocycles. The zero-order valence-electron chi connectivity index (χ0n) is 22.0. The number of aromatic nitrogens is 1. The van der Waals surface area contributed by atoms with Crippen LogP contribution < -0.4 is 10.7 Å². The predicted octanol–water partition coefficient (Wildman–Crippen LogP) is 5.22. The Kier molecular flexibility index (Phi) is 8.44. The number of halogens is 3. The molecule has 0 saturated heterocycles. The molecule has 2 N–H and O–H groups in total. The number of aromatic amines is 1. The minimum atomic E-state index is -3.41. The number of hydrogen-bond donors (Lipinski definition) is 2. The van der Waals surface area contributed by atoms with Crippen molar-refractivity contribution in [2.45, 2.75) is 31.2 Å². The first-order valence-electron chi connectivity index (χ1n) is 12.3. The van der Waals surface area contributed by atoms with Crippen molar-refractivity contribution in [2.24, 2.45) is 0 Å². The van der Waals surface area contributed by atoms with Gasteiger partial charge >= 0.3 is 0 Å². The standard InChI is InChI=1S/C30H24F3N3O4S/c1-17-26(21-4-3-5-22(13-21)29(32)33)28(37)27(25(36-17)14-20-9-6-19(15-34)12-24(20)31)30(38)35-16-18-7-10-23(11-8-18)41(2,39)40/h3-13,29H,14,16H2,1-2H3,(H,35,38)(H,36,37). The normalized spacial score (nSPS) is 11.3. The number of nitriles is 1. The maximum absolute atomic E-state index is 14.7. The van der Waals surface area contributed by atoms with Gasteiger partial charge in [0.2, 0.25) is 5.43 Å². The quantitative estimate of drug-likeness (QED) is 0.297. The first kappa shape index (κ1) is 29.3. The molecule has 0 radical (unpaired) electrons. The smallest absolute Gasteiger partial charge is 0.263 e. The molecular formula is C30H24F3N3O4S. The summed E-state index contributed by atoms with van der Waals surface area (Å²) < 4.78 is 65.0. The van der Waals surface area contributed by atoms with Crippen molar-refractivity contribution in [3.05, 3.63) is 122 Å². The summed E-state index contributed by atoms with van der Waals surface area (Å²) in [4.78, 5) is 30.3. The average Bonchev–Trinajstić information content (AvgIpc) is 2.92. The fraction of sp³-hybridized carbons (Fsp3) is 0.167. The molecule has 0 aliphatic carbocycles. The van der Waals surface area contributed by atoms with E-state index in [0.29, 0.717) is 11.3 Å². The summed E-state index contributed by atoms with van der Waals surface area (Å²) in [5, 5.41) is 11.7. The Morgan fingerprint density at radius 3 is 2.39 bits per heavy atom. The maximum atomic E-state index is 14.7. The number of hydrogen-bond acceptors (Lipinski definition) is 5. The Bertz CT molecular complexity index is 1840. The highest BCUT2D eigenvalue weighted by atomic mass is 32.2. The first-order valence-corrected chi connectivity index (χ1v) is 14.2. The van der Waals surface area contributed by atoms with E-state index in [1.54, 1.807) is 6.92 Å². The molecule has 0 spiro atoms. The van der Waals surface area contributed by atoms with E-state index in [1.807, 2.05) is 6.07 Å². The first-order chi connectivity index (χ1) is 19.4. The lowest BCUT2D eigenvalue weighted by Crippen LogP contribution is -2.32. The van der Waals surface area contributed by atoms with Crippen LogP contribution >= 0.6 is 0 Å². The summed E-state index contributed by atoms with van der Waals surface area (Å²) in [6.07, 6.45) is -1.90. The number of pyridine rings is 1. The highest BCUT2D eigenvalue weighted by Gasteiger charge is 2.23. The number of benzene rings is 3. The second kappa shape index (κ2) is 11.8.